The first-order valence-corrected chi connectivity index (χ1v) is 5.32. The number of aryl methyl sites for hydroxylation is 3. The van der Waals surface area contributed by atoms with Gasteiger partial charge in [-0.15, -0.1) is 0 Å². The number of hydrogen-bond acceptors (Lipinski definition) is 1. The van der Waals surface area contributed by atoms with Crippen molar-refractivity contribution in [2.45, 2.75) is 45.4 Å². The average molecular weight is 175 g/mol. The van der Waals surface area contributed by atoms with Crippen molar-refractivity contribution < 1.29 is 0 Å². The number of pyridine rings is 1. The monoisotopic (exact) mass is 175 g/mol. The van der Waals surface area contributed by atoms with Crippen LogP contribution in [0.4, 0.5) is 0 Å². The fraction of sp³-hybridized carbons (Fsp3) is 0.583. The van der Waals surface area contributed by atoms with E-state index < -0.39 is 0 Å². The van der Waals surface area contributed by atoms with Crippen molar-refractivity contribution in [3.63, 3.8) is 0 Å². The standard InChI is InChI=1S/C12H17N/c1-10-8-9-11-6-4-2-3-5-7-12(11)13-10/h8-9H,2-7H2,1H3. The first-order valence-electron chi connectivity index (χ1n) is 5.32. The highest BCUT2D eigenvalue weighted by Crippen LogP contribution is 2.18. The molecule has 0 amide bonds. The second kappa shape index (κ2) is 3.91. The molecule has 0 saturated carbocycles. The highest BCUT2D eigenvalue weighted by Gasteiger charge is 2.07. The zero-order chi connectivity index (χ0) is 9.10. The molecule has 1 aliphatic rings. The highest BCUT2D eigenvalue weighted by atomic mass is 14.7. The Morgan fingerprint density at radius 2 is 1.77 bits per heavy atom. The summed E-state index contributed by atoms with van der Waals surface area (Å²) in [5.74, 6) is 0. The minimum Gasteiger partial charge on any atom is -0.258 e. The van der Waals surface area contributed by atoms with Crippen molar-refractivity contribution in [1.82, 2.24) is 4.98 Å². The molecule has 0 bridgehead atoms. The molecule has 0 unspecified atom stereocenters. The van der Waals surface area contributed by atoms with Crippen molar-refractivity contribution in [2.24, 2.45) is 0 Å². The van der Waals surface area contributed by atoms with Gasteiger partial charge in [0.25, 0.3) is 0 Å². The molecule has 1 aromatic heterocycles. The third kappa shape index (κ3) is 2.09. The quantitative estimate of drug-likeness (QED) is 0.590. The lowest BCUT2D eigenvalue weighted by molar-refractivity contribution is 0.608. The molecule has 0 spiro atoms. The number of fused-ring (bicyclic) bond motifs is 1. The van der Waals surface area contributed by atoms with Gasteiger partial charge in [0.2, 0.25) is 0 Å². The molecule has 0 radical (unpaired) electrons. The van der Waals surface area contributed by atoms with Gasteiger partial charge in [0.15, 0.2) is 0 Å². The van der Waals surface area contributed by atoms with Gasteiger partial charge >= 0.3 is 0 Å². The minimum absolute atomic E-state index is 1.17. The van der Waals surface area contributed by atoms with Crippen LogP contribution in [-0.4, -0.2) is 4.98 Å². The van der Waals surface area contributed by atoms with Crippen molar-refractivity contribution in [2.75, 3.05) is 0 Å². The lowest BCUT2D eigenvalue weighted by Gasteiger charge is -2.12. The molecule has 1 aliphatic carbocycles. The Morgan fingerprint density at radius 1 is 1.00 bits per heavy atom. The average Bonchev–Trinajstić information content (AvgIpc) is 2.08. The van der Waals surface area contributed by atoms with E-state index in [-0.39, 0.29) is 0 Å². The molecule has 13 heavy (non-hydrogen) atoms. The van der Waals surface area contributed by atoms with Crippen molar-refractivity contribution in [3.05, 3.63) is 29.1 Å². The van der Waals surface area contributed by atoms with E-state index in [0.29, 0.717) is 0 Å². The second-order valence-corrected chi connectivity index (χ2v) is 3.97. The summed E-state index contributed by atoms with van der Waals surface area (Å²) in [5, 5.41) is 0. The molecular weight excluding hydrogens is 158 g/mol. The molecule has 0 aliphatic heterocycles. The normalized spacial score (nSPS) is 17.3. The second-order valence-electron chi connectivity index (χ2n) is 3.97. The number of rotatable bonds is 0. The van der Waals surface area contributed by atoms with E-state index in [1.54, 1.807) is 0 Å². The summed E-state index contributed by atoms with van der Waals surface area (Å²) in [6.45, 7) is 2.08. The zero-order valence-electron chi connectivity index (χ0n) is 8.34. The Kier molecular flexibility index (Phi) is 2.62. The van der Waals surface area contributed by atoms with Crippen molar-refractivity contribution >= 4 is 0 Å². The Balaban J connectivity index is 2.28. The van der Waals surface area contributed by atoms with Gasteiger partial charge in [-0.25, -0.2) is 0 Å². The van der Waals surface area contributed by atoms with Crippen LogP contribution in [0.3, 0.4) is 0 Å². The first-order chi connectivity index (χ1) is 6.36. The topological polar surface area (TPSA) is 12.9 Å². The maximum Gasteiger partial charge on any atom is 0.0438 e. The van der Waals surface area contributed by atoms with Crippen LogP contribution in [0.1, 0.15) is 42.6 Å². The van der Waals surface area contributed by atoms with Crippen LogP contribution in [0, 0.1) is 6.92 Å². The van der Waals surface area contributed by atoms with Gasteiger partial charge in [0, 0.05) is 11.4 Å². The van der Waals surface area contributed by atoms with Gasteiger partial charge in [0.1, 0.15) is 0 Å². The van der Waals surface area contributed by atoms with Crippen LogP contribution in [0.2, 0.25) is 0 Å². The molecule has 1 nitrogen and oxygen atoms in total. The van der Waals surface area contributed by atoms with Crippen LogP contribution >= 0.6 is 0 Å². The summed E-state index contributed by atoms with van der Waals surface area (Å²) < 4.78 is 0. The van der Waals surface area contributed by atoms with Crippen LogP contribution in [-0.2, 0) is 12.8 Å². The smallest absolute Gasteiger partial charge is 0.0438 e. The third-order valence-corrected chi connectivity index (χ3v) is 2.82. The zero-order valence-corrected chi connectivity index (χ0v) is 8.34. The van der Waals surface area contributed by atoms with Gasteiger partial charge < -0.3 is 0 Å². The van der Waals surface area contributed by atoms with E-state index in [1.807, 2.05) is 0 Å². The van der Waals surface area contributed by atoms with Gasteiger partial charge in [-0.2, -0.15) is 0 Å². The Hall–Kier alpha value is -0.850. The lowest BCUT2D eigenvalue weighted by Crippen LogP contribution is -2.03. The molecule has 0 fully saturated rings. The van der Waals surface area contributed by atoms with E-state index in [9.17, 15) is 0 Å². The molecule has 2 rings (SSSR count). The molecule has 1 aromatic rings. The summed E-state index contributed by atoms with van der Waals surface area (Å²) >= 11 is 0. The predicted octanol–water partition coefficient (Wildman–Crippen LogP) is 3.05. The molecule has 0 aromatic carbocycles. The predicted molar refractivity (Wildman–Crippen MR) is 54.9 cm³/mol. The molecule has 0 saturated heterocycles. The summed E-state index contributed by atoms with van der Waals surface area (Å²) in [5.41, 5.74) is 4.02. The fourth-order valence-electron chi connectivity index (χ4n) is 2.04. The van der Waals surface area contributed by atoms with E-state index >= 15 is 0 Å². The first kappa shape index (κ1) is 8.74. The van der Waals surface area contributed by atoms with Gasteiger partial charge in [-0.3, -0.25) is 4.98 Å². The third-order valence-electron chi connectivity index (χ3n) is 2.82. The van der Waals surface area contributed by atoms with E-state index in [0.717, 1.165) is 0 Å². The largest absolute Gasteiger partial charge is 0.258 e. The number of nitrogens with zero attached hydrogens (tertiary/aromatic N) is 1. The summed E-state index contributed by atoms with van der Waals surface area (Å²) in [6, 6.07) is 4.41. The maximum atomic E-state index is 4.62. The van der Waals surface area contributed by atoms with Crippen LogP contribution in [0.15, 0.2) is 12.1 Å². The fourth-order valence-corrected chi connectivity index (χ4v) is 2.04. The Labute approximate surface area is 80.2 Å². The SMILES string of the molecule is Cc1ccc2c(n1)CCCCCC2. The summed E-state index contributed by atoms with van der Waals surface area (Å²) in [7, 11) is 0. The van der Waals surface area contributed by atoms with Crippen molar-refractivity contribution in [3.8, 4) is 0 Å². The molecule has 70 valence electrons. The van der Waals surface area contributed by atoms with Crippen LogP contribution < -0.4 is 0 Å². The Bertz CT molecular complexity index is 291. The van der Waals surface area contributed by atoms with E-state index in [2.05, 4.69) is 24.0 Å². The summed E-state index contributed by atoms with van der Waals surface area (Å²) in [4.78, 5) is 4.62. The molecule has 0 atom stereocenters. The van der Waals surface area contributed by atoms with Gasteiger partial charge in [-0.05, 0) is 44.2 Å². The molecule has 0 N–H and O–H groups in total. The van der Waals surface area contributed by atoms with E-state index in [1.165, 1.54) is 55.5 Å². The number of hydrogen-bond donors (Lipinski definition) is 0. The molecule has 1 heterocycles. The Morgan fingerprint density at radius 3 is 2.62 bits per heavy atom. The number of aromatic nitrogens is 1. The minimum atomic E-state index is 1.17. The van der Waals surface area contributed by atoms with Crippen molar-refractivity contribution in [1.29, 1.82) is 0 Å². The maximum absolute atomic E-state index is 4.62. The van der Waals surface area contributed by atoms with Gasteiger partial charge in [0.05, 0.1) is 0 Å². The van der Waals surface area contributed by atoms with Gasteiger partial charge in [-0.1, -0.05) is 18.9 Å². The van der Waals surface area contributed by atoms with Crippen LogP contribution in [0.25, 0.3) is 0 Å². The lowest BCUT2D eigenvalue weighted by atomic mass is 9.97. The van der Waals surface area contributed by atoms with Crippen LogP contribution in [0.5, 0.6) is 0 Å². The molecule has 1 heteroatoms. The van der Waals surface area contributed by atoms with E-state index in [4.69, 9.17) is 0 Å². The molecular formula is C12H17N. The highest BCUT2D eigenvalue weighted by molar-refractivity contribution is 5.23. The summed E-state index contributed by atoms with van der Waals surface area (Å²) in [6.07, 6.45) is 7.88.